The Morgan fingerprint density at radius 1 is 1.13 bits per heavy atom. The second kappa shape index (κ2) is 7.15. The third-order valence-electron chi connectivity index (χ3n) is 4.05. The number of benzene rings is 1. The number of nitrogens with zero attached hydrogens (tertiary/aromatic N) is 2. The highest BCUT2D eigenvalue weighted by Crippen LogP contribution is 2.20. The van der Waals surface area contributed by atoms with Gasteiger partial charge in [0.15, 0.2) is 5.11 Å². The van der Waals surface area contributed by atoms with Gasteiger partial charge < -0.3 is 10.2 Å². The Hall–Kier alpha value is -1.18. The third kappa shape index (κ3) is 4.22. The molecule has 1 aromatic carbocycles. The minimum absolute atomic E-state index is 0.278. The second-order valence-corrected chi connectivity index (χ2v) is 8.57. The number of nitrogens with one attached hydrogen (secondary N) is 1. The van der Waals surface area contributed by atoms with E-state index in [0.29, 0.717) is 36.2 Å². The normalized spacial score (nSPS) is 16.7. The van der Waals surface area contributed by atoms with E-state index in [-0.39, 0.29) is 6.04 Å². The molecular weight excluding hydrogens is 330 g/mol. The van der Waals surface area contributed by atoms with Crippen molar-refractivity contribution >= 4 is 27.4 Å². The van der Waals surface area contributed by atoms with Crippen LogP contribution >= 0.6 is 12.2 Å². The summed E-state index contributed by atoms with van der Waals surface area (Å²) in [5, 5.41) is 3.90. The SMILES string of the molecule is Cc1ccc(S(=O)(=O)N2CCN(C(=S)NC(C)C)CC2)cc1C. The van der Waals surface area contributed by atoms with Gasteiger partial charge in [0.2, 0.25) is 10.0 Å². The molecule has 1 heterocycles. The number of hydrogen-bond donors (Lipinski definition) is 1. The first-order chi connectivity index (χ1) is 10.7. The summed E-state index contributed by atoms with van der Waals surface area (Å²) in [6.45, 7) is 10.1. The molecule has 0 radical (unpaired) electrons. The third-order valence-corrected chi connectivity index (χ3v) is 6.32. The molecule has 0 spiro atoms. The van der Waals surface area contributed by atoms with Gasteiger partial charge in [-0.15, -0.1) is 0 Å². The number of sulfonamides is 1. The molecule has 1 saturated heterocycles. The van der Waals surface area contributed by atoms with E-state index in [2.05, 4.69) is 5.32 Å². The standard InChI is InChI=1S/C16H25N3O2S2/c1-12(2)17-16(22)18-7-9-19(10-8-18)23(20,21)15-6-5-13(3)14(4)11-15/h5-6,11-12H,7-10H2,1-4H3,(H,17,22). The quantitative estimate of drug-likeness (QED) is 0.839. The summed E-state index contributed by atoms with van der Waals surface area (Å²) in [5.41, 5.74) is 2.09. The van der Waals surface area contributed by atoms with Gasteiger partial charge in [0.05, 0.1) is 4.90 Å². The van der Waals surface area contributed by atoms with Crippen LogP contribution in [0, 0.1) is 13.8 Å². The summed E-state index contributed by atoms with van der Waals surface area (Å²) in [4.78, 5) is 2.40. The number of hydrogen-bond acceptors (Lipinski definition) is 3. The molecule has 0 amide bonds. The van der Waals surface area contributed by atoms with Crippen molar-refractivity contribution in [2.75, 3.05) is 26.2 Å². The van der Waals surface area contributed by atoms with Gasteiger partial charge in [0, 0.05) is 32.2 Å². The van der Waals surface area contributed by atoms with E-state index in [0.717, 1.165) is 11.1 Å². The zero-order valence-electron chi connectivity index (χ0n) is 14.2. The molecule has 1 aliphatic heterocycles. The van der Waals surface area contributed by atoms with Crippen molar-refractivity contribution in [1.82, 2.24) is 14.5 Å². The van der Waals surface area contributed by atoms with Crippen LogP contribution in [0.3, 0.4) is 0 Å². The average molecular weight is 356 g/mol. The molecule has 7 heteroatoms. The first-order valence-electron chi connectivity index (χ1n) is 7.84. The smallest absolute Gasteiger partial charge is 0.243 e. The van der Waals surface area contributed by atoms with Crippen LogP contribution in [0.4, 0.5) is 0 Å². The van der Waals surface area contributed by atoms with Crippen molar-refractivity contribution in [3.8, 4) is 0 Å². The zero-order chi connectivity index (χ0) is 17.2. The second-order valence-electron chi connectivity index (χ2n) is 6.24. The van der Waals surface area contributed by atoms with E-state index in [1.165, 1.54) is 0 Å². The van der Waals surface area contributed by atoms with Crippen molar-refractivity contribution < 1.29 is 8.42 Å². The fourth-order valence-electron chi connectivity index (χ4n) is 2.49. The molecule has 0 aromatic heterocycles. The number of rotatable bonds is 3. The van der Waals surface area contributed by atoms with Crippen LogP contribution in [-0.2, 0) is 10.0 Å². The van der Waals surface area contributed by atoms with E-state index >= 15 is 0 Å². The highest BCUT2D eigenvalue weighted by Gasteiger charge is 2.29. The highest BCUT2D eigenvalue weighted by molar-refractivity contribution is 7.89. The van der Waals surface area contributed by atoms with Crippen molar-refractivity contribution in [3.05, 3.63) is 29.3 Å². The van der Waals surface area contributed by atoms with Crippen LogP contribution in [0.15, 0.2) is 23.1 Å². The fourth-order valence-corrected chi connectivity index (χ4v) is 4.42. The summed E-state index contributed by atoms with van der Waals surface area (Å²) in [6.07, 6.45) is 0. The van der Waals surface area contributed by atoms with Gasteiger partial charge in [0.25, 0.3) is 0 Å². The Labute approximate surface area is 144 Å². The number of aryl methyl sites for hydroxylation is 2. The zero-order valence-corrected chi connectivity index (χ0v) is 15.8. The maximum atomic E-state index is 12.8. The Kier molecular flexibility index (Phi) is 5.65. The van der Waals surface area contributed by atoms with E-state index in [9.17, 15) is 8.42 Å². The van der Waals surface area contributed by atoms with Gasteiger partial charge >= 0.3 is 0 Å². The van der Waals surface area contributed by atoms with Gasteiger partial charge in [-0.05, 0) is 63.2 Å². The molecule has 5 nitrogen and oxygen atoms in total. The maximum absolute atomic E-state index is 12.8. The monoisotopic (exact) mass is 355 g/mol. The van der Waals surface area contributed by atoms with Gasteiger partial charge in [0.1, 0.15) is 0 Å². The molecule has 1 aromatic rings. The number of thiocarbonyl (C=S) groups is 1. The topological polar surface area (TPSA) is 52.7 Å². The molecule has 23 heavy (non-hydrogen) atoms. The van der Waals surface area contributed by atoms with Crippen molar-refractivity contribution in [3.63, 3.8) is 0 Å². The van der Waals surface area contributed by atoms with Gasteiger partial charge in [-0.1, -0.05) is 6.07 Å². The minimum Gasteiger partial charge on any atom is -0.360 e. The van der Waals surface area contributed by atoms with Crippen molar-refractivity contribution in [2.24, 2.45) is 0 Å². The Bertz CT molecular complexity index is 679. The van der Waals surface area contributed by atoms with Crippen LogP contribution in [0.5, 0.6) is 0 Å². The molecule has 0 saturated carbocycles. The summed E-state index contributed by atoms with van der Waals surface area (Å²) in [7, 11) is -3.43. The molecule has 0 bridgehead atoms. The lowest BCUT2D eigenvalue weighted by Gasteiger charge is -2.36. The first kappa shape index (κ1) is 18.2. The molecule has 1 aliphatic rings. The predicted octanol–water partition coefficient (Wildman–Crippen LogP) is 1.89. The maximum Gasteiger partial charge on any atom is 0.243 e. The molecule has 1 N–H and O–H groups in total. The van der Waals surface area contributed by atoms with E-state index < -0.39 is 10.0 Å². The van der Waals surface area contributed by atoms with Crippen LogP contribution in [0.2, 0.25) is 0 Å². The molecule has 0 aliphatic carbocycles. The summed E-state index contributed by atoms with van der Waals surface area (Å²) in [5.74, 6) is 0. The summed E-state index contributed by atoms with van der Waals surface area (Å²) < 4.78 is 27.1. The molecule has 2 rings (SSSR count). The van der Waals surface area contributed by atoms with Crippen LogP contribution in [0.25, 0.3) is 0 Å². The lowest BCUT2D eigenvalue weighted by atomic mass is 10.1. The molecule has 0 unspecified atom stereocenters. The summed E-state index contributed by atoms with van der Waals surface area (Å²) >= 11 is 5.35. The Balaban J connectivity index is 2.06. The molecule has 0 atom stereocenters. The van der Waals surface area contributed by atoms with E-state index in [1.54, 1.807) is 16.4 Å². The van der Waals surface area contributed by atoms with Gasteiger partial charge in [-0.25, -0.2) is 8.42 Å². The van der Waals surface area contributed by atoms with E-state index in [1.807, 2.05) is 38.7 Å². The Morgan fingerprint density at radius 3 is 2.26 bits per heavy atom. The highest BCUT2D eigenvalue weighted by atomic mass is 32.2. The lowest BCUT2D eigenvalue weighted by Crippen LogP contribution is -2.53. The van der Waals surface area contributed by atoms with Crippen molar-refractivity contribution in [2.45, 2.75) is 38.6 Å². The van der Waals surface area contributed by atoms with Gasteiger partial charge in [-0.2, -0.15) is 4.31 Å². The average Bonchev–Trinajstić information content (AvgIpc) is 2.49. The van der Waals surface area contributed by atoms with Gasteiger partial charge in [-0.3, -0.25) is 0 Å². The van der Waals surface area contributed by atoms with Crippen molar-refractivity contribution in [1.29, 1.82) is 0 Å². The minimum atomic E-state index is -3.43. The van der Waals surface area contributed by atoms with E-state index in [4.69, 9.17) is 12.2 Å². The lowest BCUT2D eigenvalue weighted by molar-refractivity contribution is 0.263. The number of piperazine rings is 1. The predicted molar refractivity (Wildman–Crippen MR) is 97.1 cm³/mol. The van der Waals surface area contributed by atoms with Crippen LogP contribution < -0.4 is 5.32 Å². The fraction of sp³-hybridized carbons (Fsp3) is 0.562. The summed E-state index contributed by atoms with van der Waals surface area (Å²) in [6, 6.07) is 5.58. The van der Waals surface area contributed by atoms with Crippen LogP contribution in [0.1, 0.15) is 25.0 Å². The Morgan fingerprint density at radius 2 is 1.74 bits per heavy atom. The molecular formula is C16H25N3O2S2. The molecule has 128 valence electrons. The van der Waals surface area contributed by atoms with Crippen LogP contribution in [-0.4, -0.2) is 55.0 Å². The molecule has 1 fully saturated rings. The first-order valence-corrected chi connectivity index (χ1v) is 9.69. The largest absolute Gasteiger partial charge is 0.360 e.